The van der Waals surface area contributed by atoms with Crippen LogP contribution in [-0.4, -0.2) is 80.5 Å². The molecular weight excluding hydrogens is 660 g/mol. The Labute approximate surface area is 297 Å². The Bertz CT molecular complexity index is 1770. The number of aryl methyl sites for hydroxylation is 1. The lowest BCUT2D eigenvalue weighted by molar-refractivity contribution is -0.116. The van der Waals surface area contributed by atoms with E-state index in [1.807, 2.05) is 69.6 Å². The summed E-state index contributed by atoms with van der Waals surface area (Å²) in [6.07, 6.45) is 15.1. The first-order chi connectivity index (χ1) is 24.2. The molecule has 0 aliphatic carbocycles. The van der Waals surface area contributed by atoms with Gasteiger partial charge >= 0.3 is 6.09 Å². The van der Waals surface area contributed by atoms with Crippen LogP contribution in [-0.2, 0) is 8.98 Å². The van der Waals surface area contributed by atoms with Crippen molar-refractivity contribution in [2.24, 2.45) is 4.99 Å². The fraction of sp³-hybridized carbons (Fsp3) is 0.351. The van der Waals surface area contributed by atoms with Gasteiger partial charge in [-0.2, -0.15) is 0 Å². The first-order valence-corrected chi connectivity index (χ1v) is 16.7. The third-order valence-corrected chi connectivity index (χ3v) is 8.75. The Morgan fingerprint density at radius 3 is 2.24 bits per heavy atom. The van der Waals surface area contributed by atoms with Crippen LogP contribution in [0.25, 0.3) is 0 Å². The highest BCUT2D eigenvalue weighted by Gasteiger charge is 2.39. The van der Waals surface area contributed by atoms with Gasteiger partial charge in [0, 0.05) is 50.1 Å². The molecular formula is C37H42N4O8S. The van der Waals surface area contributed by atoms with Crippen molar-refractivity contribution in [2.75, 3.05) is 38.9 Å². The number of benzene rings is 2. The lowest BCUT2D eigenvalue weighted by Crippen LogP contribution is -2.40. The summed E-state index contributed by atoms with van der Waals surface area (Å²) >= 11 is 3.75. The number of ether oxygens (including phenoxy) is 4. The van der Waals surface area contributed by atoms with Crippen molar-refractivity contribution in [1.82, 2.24) is 9.80 Å². The molecule has 12 nitrogen and oxygen atoms in total. The van der Waals surface area contributed by atoms with Gasteiger partial charge in [-0.15, -0.1) is 0 Å². The van der Waals surface area contributed by atoms with Gasteiger partial charge in [-0.05, 0) is 62.5 Å². The average Bonchev–Trinajstić information content (AvgIpc) is 3.69. The zero-order valence-corrected chi connectivity index (χ0v) is 29.7. The van der Waals surface area contributed by atoms with Crippen LogP contribution in [0, 0.1) is 6.92 Å². The highest BCUT2D eigenvalue weighted by molar-refractivity contribution is 7.75. The van der Waals surface area contributed by atoms with Crippen molar-refractivity contribution in [3.8, 4) is 23.0 Å². The molecule has 2 aromatic carbocycles. The summed E-state index contributed by atoms with van der Waals surface area (Å²) in [7, 11) is 3.07. The summed E-state index contributed by atoms with van der Waals surface area (Å²) in [6, 6.07) is 6.44. The van der Waals surface area contributed by atoms with E-state index in [0.717, 1.165) is 23.1 Å². The average molecular weight is 703 g/mol. The molecule has 0 N–H and O–H groups in total. The van der Waals surface area contributed by atoms with E-state index in [4.69, 9.17) is 28.1 Å². The minimum absolute atomic E-state index is 0.175. The van der Waals surface area contributed by atoms with E-state index >= 15 is 0 Å². The Kier molecular flexibility index (Phi) is 11.9. The van der Waals surface area contributed by atoms with Crippen LogP contribution >= 0.6 is 12.9 Å². The van der Waals surface area contributed by atoms with E-state index in [2.05, 4.69) is 12.9 Å². The van der Waals surface area contributed by atoms with E-state index in [0.29, 0.717) is 60.2 Å². The molecule has 2 aromatic rings. The number of methoxy groups -OCH3 is 2. The van der Waals surface area contributed by atoms with E-state index in [-0.39, 0.29) is 36.7 Å². The molecule has 3 aliphatic heterocycles. The van der Waals surface area contributed by atoms with Crippen LogP contribution in [0.1, 0.15) is 49.0 Å². The van der Waals surface area contributed by atoms with Gasteiger partial charge in [-0.25, -0.2) is 4.79 Å². The molecule has 0 saturated carbocycles. The summed E-state index contributed by atoms with van der Waals surface area (Å²) in [5, 5.41) is 0. The summed E-state index contributed by atoms with van der Waals surface area (Å²) in [5.41, 5.74) is 4.26. The zero-order valence-electron chi connectivity index (χ0n) is 28.8. The molecule has 2 atom stereocenters. The molecule has 50 heavy (non-hydrogen) atoms. The van der Waals surface area contributed by atoms with Crippen molar-refractivity contribution in [1.29, 1.82) is 0 Å². The summed E-state index contributed by atoms with van der Waals surface area (Å²) in [6.45, 7) is 6.54. The molecule has 264 valence electrons. The molecule has 0 spiro atoms. The summed E-state index contributed by atoms with van der Waals surface area (Å²) < 4.78 is 28.2. The van der Waals surface area contributed by atoms with E-state index < -0.39 is 6.09 Å². The number of thiol groups is 1. The summed E-state index contributed by atoms with van der Waals surface area (Å²) in [5.74, 6) is 1.53. The van der Waals surface area contributed by atoms with Gasteiger partial charge < -0.3 is 32.9 Å². The molecule has 13 heteroatoms. The number of allylic oxidation sites excluding steroid dienone is 4. The van der Waals surface area contributed by atoms with Gasteiger partial charge in [0.05, 0.1) is 63.0 Å². The molecule has 0 radical (unpaired) electrons. The Morgan fingerprint density at radius 2 is 1.60 bits per heavy atom. The van der Waals surface area contributed by atoms with Crippen molar-refractivity contribution >= 4 is 48.9 Å². The van der Waals surface area contributed by atoms with Crippen LogP contribution in [0.5, 0.6) is 23.0 Å². The number of carbonyl (C=O) groups excluding carboxylic acids is 3. The monoisotopic (exact) mass is 702 g/mol. The second-order valence-electron chi connectivity index (χ2n) is 11.9. The number of hydrogen-bond acceptors (Lipinski definition) is 10. The quantitative estimate of drug-likeness (QED) is 0.0803. The smallest absolute Gasteiger partial charge is 0.426 e. The third kappa shape index (κ3) is 7.83. The zero-order chi connectivity index (χ0) is 35.8. The minimum atomic E-state index is -0.705. The topological polar surface area (TPSA) is 119 Å². The largest absolute Gasteiger partial charge is 0.493 e. The number of carbonyl (C=O) groups is 3. The minimum Gasteiger partial charge on any atom is -0.493 e. The second-order valence-corrected chi connectivity index (χ2v) is 12.1. The molecule has 0 saturated heterocycles. The molecule has 0 aromatic heterocycles. The molecule has 0 bridgehead atoms. The fourth-order valence-electron chi connectivity index (χ4n) is 6.20. The van der Waals surface area contributed by atoms with Gasteiger partial charge in [-0.1, -0.05) is 24.3 Å². The number of hydrogen-bond donors (Lipinski definition) is 1. The fourth-order valence-corrected chi connectivity index (χ4v) is 6.30. The SMILES string of the molecule is C/C=C/C1=CN(C=O)C(C=Nc2cc(OCCCOc3cc4c(cc3OC)C(=O)N3C=C(/C=C/C)CC3CN4C(=O)OS)c(OC)cc2C)C1. The van der Waals surface area contributed by atoms with Crippen LogP contribution < -0.4 is 23.8 Å². The van der Waals surface area contributed by atoms with Gasteiger partial charge in [0.1, 0.15) is 0 Å². The molecule has 2 unspecified atom stereocenters. The predicted octanol–water partition coefficient (Wildman–Crippen LogP) is 6.73. The van der Waals surface area contributed by atoms with E-state index in [1.54, 1.807) is 35.3 Å². The molecule has 3 heterocycles. The highest BCUT2D eigenvalue weighted by atomic mass is 32.1. The van der Waals surface area contributed by atoms with Crippen LogP contribution in [0.15, 0.2) is 77.1 Å². The molecule has 3 aliphatic rings. The van der Waals surface area contributed by atoms with Crippen LogP contribution in [0.2, 0.25) is 0 Å². The normalized spacial score (nSPS) is 18.7. The van der Waals surface area contributed by atoms with Crippen molar-refractivity contribution in [3.05, 3.63) is 83.2 Å². The Hall–Kier alpha value is -5.17. The first kappa shape index (κ1) is 36.1. The van der Waals surface area contributed by atoms with Gasteiger partial charge in [-0.3, -0.25) is 19.5 Å². The standard InChI is InChI=1S/C37H42N4O8S/c1-6-9-25-14-27(39(20-25)23-42)19-38-30-17-34(32(45-4)13-24(30)3)47-11-8-12-48-35-18-31-29(16-33(35)46-5)36(43)40-21-26(10-7-2)15-28(40)22-41(31)37(44)49-50/h6-7,9-10,13,16-21,23,27-28,50H,8,11-12,14-15,22H2,1-5H3/b9-6+,10-7+,38-19?. The molecule has 3 amide bonds. The van der Waals surface area contributed by atoms with Crippen molar-refractivity contribution in [2.45, 2.75) is 52.1 Å². The second kappa shape index (κ2) is 16.5. The van der Waals surface area contributed by atoms with E-state index in [9.17, 15) is 14.4 Å². The third-order valence-electron chi connectivity index (χ3n) is 8.60. The highest BCUT2D eigenvalue weighted by Crippen LogP contribution is 2.41. The number of amides is 3. The van der Waals surface area contributed by atoms with Gasteiger partial charge in [0.15, 0.2) is 23.0 Å². The number of rotatable bonds is 13. The van der Waals surface area contributed by atoms with Crippen molar-refractivity contribution in [3.63, 3.8) is 0 Å². The maximum atomic E-state index is 13.7. The van der Waals surface area contributed by atoms with Gasteiger partial charge in [0.25, 0.3) is 5.91 Å². The number of aliphatic imine (C=N–C) groups is 1. The lowest BCUT2D eigenvalue weighted by Gasteiger charge is -2.25. The maximum Gasteiger partial charge on any atom is 0.426 e. The van der Waals surface area contributed by atoms with Crippen molar-refractivity contribution < 1.29 is 37.5 Å². The van der Waals surface area contributed by atoms with Crippen LogP contribution in [0.3, 0.4) is 0 Å². The lowest BCUT2D eigenvalue weighted by atomic mass is 10.1. The Morgan fingerprint density at radius 1 is 0.940 bits per heavy atom. The number of fused-ring (bicyclic) bond motifs is 2. The predicted molar refractivity (Wildman–Crippen MR) is 194 cm³/mol. The maximum absolute atomic E-state index is 13.7. The van der Waals surface area contributed by atoms with E-state index in [1.165, 1.54) is 12.0 Å². The molecule has 0 fully saturated rings. The first-order valence-electron chi connectivity index (χ1n) is 16.3. The van der Waals surface area contributed by atoms with Gasteiger partial charge in [0.2, 0.25) is 6.41 Å². The number of nitrogens with zero attached hydrogens (tertiary/aromatic N) is 4. The summed E-state index contributed by atoms with van der Waals surface area (Å²) in [4.78, 5) is 47.5. The molecule has 5 rings (SSSR count). The van der Waals surface area contributed by atoms with Crippen LogP contribution in [0.4, 0.5) is 16.2 Å². The Balaban J connectivity index is 1.27. The number of anilines is 1.